The monoisotopic (exact) mass is 515 g/mol. The highest BCUT2D eigenvalue weighted by molar-refractivity contribution is 6.09. The number of ether oxygens (including phenoxy) is 2. The predicted molar refractivity (Wildman–Crippen MR) is 154 cm³/mol. The fourth-order valence-electron chi connectivity index (χ4n) is 4.49. The van der Waals surface area contributed by atoms with Gasteiger partial charge in [-0.15, -0.1) is 0 Å². The van der Waals surface area contributed by atoms with Gasteiger partial charge in [0, 0.05) is 50.0 Å². The lowest BCUT2D eigenvalue weighted by molar-refractivity contribution is 0.104. The van der Waals surface area contributed by atoms with E-state index in [0.29, 0.717) is 17.9 Å². The summed E-state index contributed by atoms with van der Waals surface area (Å²) in [4.78, 5) is 20.2. The lowest BCUT2D eigenvalue weighted by Gasteiger charge is -2.35. The maximum absolute atomic E-state index is 13.6. The van der Waals surface area contributed by atoms with E-state index in [0.717, 1.165) is 60.9 Å². The van der Waals surface area contributed by atoms with Crippen LogP contribution in [-0.4, -0.2) is 88.3 Å². The van der Waals surface area contributed by atoms with E-state index in [-0.39, 0.29) is 11.5 Å². The Bertz CT molecular complexity index is 1280. The van der Waals surface area contributed by atoms with Crippen LogP contribution in [0.5, 0.6) is 17.2 Å². The fourth-order valence-corrected chi connectivity index (χ4v) is 4.49. The van der Waals surface area contributed by atoms with Crippen LogP contribution in [-0.2, 0) is 0 Å². The number of phenolic OH excluding ortho intramolecular Hbond substituents is 1. The summed E-state index contributed by atoms with van der Waals surface area (Å²) in [7, 11) is 7.72. The molecule has 0 amide bonds. The minimum atomic E-state index is -0.154. The van der Waals surface area contributed by atoms with E-state index in [1.807, 2.05) is 73.6 Å². The molecule has 7 nitrogen and oxygen atoms in total. The van der Waals surface area contributed by atoms with Crippen molar-refractivity contribution in [1.82, 2.24) is 9.80 Å². The third-order valence-corrected chi connectivity index (χ3v) is 6.73. The number of phenols is 1. The minimum absolute atomic E-state index is 0.154. The Hall–Kier alpha value is -3.81. The average Bonchev–Trinajstić information content (AvgIpc) is 2.92. The molecule has 1 N–H and O–H groups in total. The molecule has 0 spiro atoms. The molecule has 7 heteroatoms. The van der Waals surface area contributed by atoms with E-state index in [4.69, 9.17) is 9.47 Å². The standard InChI is InChI=1S/C31H37N3O4/c1-32(2)19-20-38-31-14-11-24(26-7-5-6-8-30(26)37-4)21-27(31)29(36)13-10-23-9-12-25(35)22-28(23)34-17-15-33(3)16-18-34/h5-14,21-22,35H,15-20H2,1-4H3/b13-10+. The third-order valence-electron chi connectivity index (χ3n) is 6.73. The number of rotatable bonds is 10. The Kier molecular flexibility index (Phi) is 9.05. The van der Waals surface area contributed by atoms with Gasteiger partial charge < -0.3 is 29.3 Å². The maximum Gasteiger partial charge on any atom is 0.189 e. The number of anilines is 1. The Morgan fingerprint density at radius 2 is 1.76 bits per heavy atom. The number of methoxy groups -OCH3 is 1. The van der Waals surface area contributed by atoms with Gasteiger partial charge in [0.1, 0.15) is 23.9 Å². The van der Waals surface area contributed by atoms with E-state index >= 15 is 0 Å². The molecule has 0 saturated carbocycles. The zero-order valence-electron chi connectivity index (χ0n) is 22.7. The van der Waals surface area contributed by atoms with Crippen molar-refractivity contribution in [2.45, 2.75) is 0 Å². The van der Waals surface area contributed by atoms with E-state index in [1.54, 1.807) is 25.3 Å². The van der Waals surface area contributed by atoms with Gasteiger partial charge in [0.05, 0.1) is 12.7 Å². The van der Waals surface area contributed by atoms with Crippen molar-refractivity contribution < 1.29 is 19.4 Å². The van der Waals surface area contributed by atoms with Crippen molar-refractivity contribution in [3.05, 3.63) is 77.9 Å². The molecular formula is C31H37N3O4. The molecule has 0 unspecified atom stereocenters. The lowest BCUT2D eigenvalue weighted by Crippen LogP contribution is -2.44. The molecule has 0 aromatic heterocycles. The molecule has 0 atom stereocenters. The van der Waals surface area contributed by atoms with Gasteiger partial charge in [0.2, 0.25) is 0 Å². The van der Waals surface area contributed by atoms with Crippen LogP contribution in [0.1, 0.15) is 15.9 Å². The number of hydrogen-bond donors (Lipinski definition) is 1. The van der Waals surface area contributed by atoms with Gasteiger partial charge >= 0.3 is 0 Å². The second-order valence-corrected chi connectivity index (χ2v) is 9.79. The maximum atomic E-state index is 13.6. The number of para-hydroxylation sites is 1. The van der Waals surface area contributed by atoms with Crippen LogP contribution in [0, 0.1) is 0 Å². The number of ketones is 1. The van der Waals surface area contributed by atoms with Crippen LogP contribution < -0.4 is 14.4 Å². The number of piperazine rings is 1. The molecule has 1 heterocycles. The van der Waals surface area contributed by atoms with Crippen molar-refractivity contribution in [3.63, 3.8) is 0 Å². The topological polar surface area (TPSA) is 65.5 Å². The first-order valence-corrected chi connectivity index (χ1v) is 12.9. The molecule has 38 heavy (non-hydrogen) atoms. The number of aromatic hydroxyl groups is 1. The van der Waals surface area contributed by atoms with Crippen LogP contribution >= 0.6 is 0 Å². The molecule has 0 radical (unpaired) electrons. The summed E-state index contributed by atoms with van der Waals surface area (Å²) in [6.07, 6.45) is 3.42. The van der Waals surface area contributed by atoms with Gasteiger partial charge in [-0.2, -0.15) is 0 Å². The Labute approximate surface area is 225 Å². The number of carbonyl (C=O) groups excluding carboxylic acids is 1. The zero-order valence-corrected chi connectivity index (χ0v) is 22.7. The molecule has 1 aliphatic rings. The molecule has 3 aromatic carbocycles. The van der Waals surface area contributed by atoms with Crippen molar-refractivity contribution in [2.75, 3.05) is 72.5 Å². The average molecular weight is 516 g/mol. The van der Waals surface area contributed by atoms with Crippen LogP contribution in [0.3, 0.4) is 0 Å². The second kappa shape index (κ2) is 12.6. The highest BCUT2D eigenvalue weighted by Gasteiger charge is 2.18. The SMILES string of the molecule is COc1ccccc1-c1ccc(OCCN(C)C)c(C(=O)/C=C/c2ccc(O)cc2N2CCN(C)CC2)c1. The molecule has 1 saturated heterocycles. The van der Waals surface area contributed by atoms with E-state index in [1.165, 1.54) is 0 Å². The summed E-state index contributed by atoms with van der Waals surface area (Å²) < 4.78 is 11.6. The van der Waals surface area contributed by atoms with Gasteiger partial charge in [0.15, 0.2) is 5.78 Å². The molecule has 1 aliphatic heterocycles. The summed E-state index contributed by atoms with van der Waals surface area (Å²) in [5, 5.41) is 10.2. The number of likely N-dealkylation sites (N-methyl/N-ethyl adjacent to an activating group) is 2. The minimum Gasteiger partial charge on any atom is -0.508 e. The molecular weight excluding hydrogens is 478 g/mol. The van der Waals surface area contributed by atoms with Crippen LogP contribution in [0.15, 0.2) is 66.7 Å². The normalized spacial score (nSPS) is 14.3. The Morgan fingerprint density at radius 1 is 1.00 bits per heavy atom. The molecule has 4 rings (SSSR count). The highest BCUT2D eigenvalue weighted by atomic mass is 16.5. The van der Waals surface area contributed by atoms with Crippen LogP contribution in [0.25, 0.3) is 17.2 Å². The summed E-state index contributed by atoms with van der Waals surface area (Å²) in [5.41, 5.74) is 4.08. The third kappa shape index (κ3) is 6.73. The summed E-state index contributed by atoms with van der Waals surface area (Å²) in [6, 6.07) is 18.7. The second-order valence-electron chi connectivity index (χ2n) is 9.79. The fraction of sp³-hybridized carbons (Fsp3) is 0.323. The van der Waals surface area contributed by atoms with Crippen molar-refractivity contribution in [1.29, 1.82) is 0 Å². The quantitative estimate of drug-likeness (QED) is 0.311. The van der Waals surface area contributed by atoms with Gasteiger partial charge in [-0.1, -0.05) is 24.3 Å². The molecule has 200 valence electrons. The van der Waals surface area contributed by atoms with Gasteiger partial charge in [-0.05, 0) is 74.8 Å². The van der Waals surface area contributed by atoms with E-state index < -0.39 is 0 Å². The number of benzene rings is 3. The summed E-state index contributed by atoms with van der Waals surface area (Å²) in [5.74, 6) is 1.34. The van der Waals surface area contributed by atoms with Crippen LogP contribution in [0.4, 0.5) is 5.69 Å². The van der Waals surface area contributed by atoms with Crippen molar-refractivity contribution in [3.8, 4) is 28.4 Å². The first-order valence-electron chi connectivity index (χ1n) is 12.9. The summed E-state index contributed by atoms with van der Waals surface area (Å²) in [6.45, 7) is 4.82. The van der Waals surface area contributed by atoms with Gasteiger partial charge in [-0.25, -0.2) is 0 Å². The molecule has 0 aliphatic carbocycles. The van der Waals surface area contributed by atoms with E-state index in [2.05, 4.69) is 16.8 Å². The molecule has 3 aromatic rings. The van der Waals surface area contributed by atoms with Gasteiger partial charge in [0.25, 0.3) is 0 Å². The molecule has 0 bridgehead atoms. The first-order chi connectivity index (χ1) is 18.4. The predicted octanol–water partition coefficient (Wildman–Crippen LogP) is 4.66. The number of hydrogen-bond acceptors (Lipinski definition) is 7. The summed E-state index contributed by atoms with van der Waals surface area (Å²) >= 11 is 0. The lowest BCUT2D eigenvalue weighted by atomic mass is 9.99. The van der Waals surface area contributed by atoms with Crippen LogP contribution in [0.2, 0.25) is 0 Å². The van der Waals surface area contributed by atoms with Crippen molar-refractivity contribution >= 4 is 17.5 Å². The Balaban J connectivity index is 1.66. The molecule has 1 fully saturated rings. The van der Waals surface area contributed by atoms with Gasteiger partial charge in [-0.3, -0.25) is 4.79 Å². The smallest absolute Gasteiger partial charge is 0.189 e. The number of carbonyl (C=O) groups is 1. The van der Waals surface area contributed by atoms with Crippen molar-refractivity contribution in [2.24, 2.45) is 0 Å². The first kappa shape index (κ1) is 27.2. The zero-order chi connectivity index (χ0) is 27.1. The largest absolute Gasteiger partial charge is 0.508 e. The Morgan fingerprint density at radius 3 is 2.50 bits per heavy atom. The number of nitrogens with zero attached hydrogens (tertiary/aromatic N) is 3. The van der Waals surface area contributed by atoms with E-state index in [9.17, 15) is 9.90 Å². The highest BCUT2D eigenvalue weighted by Crippen LogP contribution is 2.34. The number of allylic oxidation sites excluding steroid dienone is 1.